The van der Waals surface area contributed by atoms with Crippen molar-refractivity contribution in [1.82, 2.24) is 4.98 Å². The van der Waals surface area contributed by atoms with Crippen LogP contribution in [0.2, 0.25) is 5.02 Å². The summed E-state index contributed by atoms with van der Waals surface area (Å²) in [5.74, 6) is -0.298. The molecule has 17 heavy (non-hydrogen) atoms. The topological polar surface area (TPSA) is 49.1 Å². The summed E-state index contributed by atoms with van der Waals surface area (Å²) in [7, 11) is 1.56. The van der Waals surface area contributed by atoms with Gasteiger partial charge in [0.15, 0.2) is 11.6 Å². The third kappa shape index (κ3) is 4.17. The van der Waals surface area contributed by atoms with Crippen molar-refractivity contribution in [1.29, 1.82) is 5.26 Å². The first-order valence-electron chi connectivity index (χ1n) is 5.11. The van der Waals surface area contributed by atoms with E-state index in [-0.39, 0.29) is 10.8 Å². The maximum atomic E-state index is 13.6. The first kappa shape index (κ1) is 13.7. The summed E-state index contributed by atoms with van der Waals surface area (Å²) in [4.78, 5) is 5.60. The maximum absolute atomic E-state index is 13.6. The molecule has 1 aromatic rings. The predicted octanol–water partition coefficient (Wildman–Crippen LogP) is 2.24. The molecule has 0 aromatic carbocycles. The molecular formula is C11H13ClFN3O. The Balaban J connectivity index is 2.83. The second kappa shape index (κ2) is 7.05. The number of hydrogen-bond acceptors (Lipinski definition) is 4. The summed E-state index contributed by atoms with van der Waals surface area (Å²) in [6.07, 6.45) is 1.68. The highest BCUT2D eigenvalue weighted by molar-refractivity contribution is 6.30. The molecule has 0 aliphatic carbocycles. The van der Waals surface area contributed by atoms with E-state index in [1.54, 1.807) is 12.0 Å². The van der Waals surface area contributed by atoms with Crippen LogP contribution < -0.4 is 4.90 Å². The van der Waals surface area contributed by atoms with E-state index in [0.717, 1.165) is 0 Å². The number of anilines is 1. The number of nitriles is 1. The number of halogens is 2. The van der Waals surface area contributed by atoms with Gasteiger partial charge in [0.25, 0.3) is 0 Å². The fraction of sp³-hybridized carbons (Fsp3) is 0.455. The Kier molecular flexibility index (Phi) is 5.67. The van der Waals surface area contributed by atoms with Crippen LogP contribution in [0.15, 0.2) is 12.3 Å². The minimum absolute atomic E-state index is 0.196. The average molecular weight is 258 g/mol. The van der Waals surface area contributed by atoms with Gasteiger partial charge in [0.2, 0.25) is 0 Å². The van der Waals surface area contributed by atoms with Crippen molar-refractivity contribution in [3.05, 3.63) is 23.1 Å². The monoisotopic (exact) mass is 257 g/mol. The zero-order valence-electron chi connectivity index (χ0n) is 9.49. The number of hydrogen-bond donors (Lipinski definition) is 0. The van der Waals surface area contributed by atoms with Crippen molar-refractivity contribution in [2.24, 2.45) is 0 Å². The SMILES string of the molecule is COCCN(CCC#N)c1ncc(Cl)cc1F. The zero-order chi connectivity index (χ0) is 12.7. The number of pyridine rings is 1. The third-order valence-corrected chi connectivity index (χ3v) is 2.35. The van der Waals surface area contributed by atoms with E-state index in [1.807, 2.05) is 6.07 Å². The highest BCUT2D eigenvalue weighted by atomic mass is 35.5. The fourth-order valence-electron chi connectivity index (χ4n) is 1.35. The predicted molar refractivity (Wildman–Crippen MR) is 63.5 cm³/mol. The zero-order valence-corrected chi connectivity index (χ0v) is 10.2. The fourth-order valence-corrected chi connectivity index (χ4v) is 1.49. The van der Waals surface area contributed by atoms with E-state index in [4.69, 9.17) is 21.6 Å². The summed E-state index contributed by atoms with van der Waals surface area (Å²) in [5.41, 5.74) is 0. The van der Waals surface area contributed by atoms with E-state index < -0.39 is 5.82 Å². The van der Waals surface area contributed by atoms with Crippen LogP contribution in [0.3, 0.4) is 0 Å². The Labute approximate surface area is 105 Å². The van der Waals surface area contributed by atoms with Crippen LogP contribution in [-0.2, 0) is 4.74 Å². The Morgan fingerprint density at radius 3 is 2.94 bits per heavy atom. The lowest BCUT2D eigenvalue weighted by molar-refractivity contribution is 0.205. The van der Waals surface area contributed by atoms with Gasteiger partial charge in [-0.1, -0.05) is 11.6 Å². The molecule has 0 atom stereocenters. The molecule has 0 aliphatic rings. The van der Waals surface area contributed by atoms with Crippen LogP contribution in [0.25, 0.3) is 0 Å². The molecule has 4 nitrogen and oxygen atoms in total. The summed E-state index contributed by atoms with van der Waals surface area (Å²) in [6.45, 7) is 1.32. The minimum atomic E-state index is -0.494. The van der Waals surface area contributed by atoms with Gasteiger partial charge in [0, 0.05) is 26.4 Å². The molecule has 0 N–H and O–H groups in total. The maximum Gasteiger partial charge on any atom is 0.167 e. The summed E-state index contributed by atoms with van der Waals surface area (Å²) in [5, 5.41) is 8.81. The molecule has 0 fully saturated rings. The molecule has 0 bridgehead atoms. The van der Waals surface area contributed by atoms with E-state index >= 15 is 0 Å². The molecule has 0 saturated heterocycles. The number of ether oxygens (including phenoxy) is 1. The van der Waals surface area contributed by atoms with E-state index in [1.165, 1.54) is 12.3 Å². The lowest BCUT2D eigenvalue weighted by atomic mass is 10.3. The van der Waals surface area contributed by atoms with Gasteiger partial charge in [-0.2, -0.15) is 5.26 Å². The van der Waals surface area contributed by atoms with E-state index in [9.17, 15) is 4.39 Å². The second-order valence-corrected chi connectivity index (χ2v) is 3.78. The number of nitrogens with zero attached hydrogens (tertiary/aromatic N) is 3. The lowest BCUT2D eigenvalue weighted by Gasteiger charge is -2.22. The number of rotatable bonds is 6. The van der Waals surface area contributed by atoms with Crippen LogP contribution in [0, 0.1) is 17.1 Å². The molecule has 0 aliphatic heterocycles. The molecular weight excluding hydrogens is 245 g/mol. The summed E-state index contributed by atoms with van der Waals surface area (Å²) in [6, 6.07) is 3.22. The van der Waals surface area contributed by atoms with Crippen molar-refractivity contribution < 1.29 is 9.13 Å². The van der Waals surface area contributed by atoms with Crippen molar-refractivity contribution >= 4 is 17.4 Å². The van der Waals surface area contributed by atoms with Crippen LogP contribution >= 0.6 is 11.6 Å². The molecule has 92 valence electrons. The second-order valence-electron chi connectivity index (χ2n) is 3.35. The molecule has 0 amide bonds. The molecule has 1 heterocycles. The van der Waals surface area contributed by atoms with E-state index in [0.29, 0.717) is 26.1 Å². The molecule has 0 unspecified atom stereocenters. The molecule has 6 heteroatoms. The van der Waals surface area contributed by atoms with Gasteiger partial charge in [0.1, 0.15) is 0 Å². The Morgan fingerprint density at radius 1 is 1.59 bits per heavy atom. The van der Waals surface area contributed by atoms with Crippen LogP contribution in [-0.4, -0.2) is 31.8 Å². The van der Waals surface area contributed by atoms with Gasteiger partial charge in [-0.05, 0) is 6.07 Å². The largest absolute Gasteiger partial charge is 0.383 e. The van der Waals surface area contributed by atoms with Gasteiger partial charge in [-0.25, -0.2) is 9.37 Å². The van der Waals surface area contributed by atoms with Crippen molar-refractivity contribution in [2.45, 2.75) is 6.42 Å². The van der Waals surface area contributed by atoms with Gasteiger partial charge < -0.3 is 9.64 Å². The quantitative estimate of drug-likeness (QED) is 0.784. The highest BCUT2D eigenvalue weighted by Crippen LogP contribution is 2.19. The molecule has 1 rings (SSSR count). The van der Waals surface area contributed by atoms with Crippen molar-refractivity contribution in [3.8, 4) is 6.07 Å². The highest BCUT2D eigenvalue weighted by Gasteiger charge is 2.13. The standard InChI is InChI=1S/C11H13ClFN3O/c1-17-6-5-16(4-2-3-14)11-10(13)7-9(12)8-15-11/h7-8H,2,4-6H2,1H3. The average Bonchev–Trinajstić information content (AvgIpc) is 2.30. The van der Waals surface area contributed by atoms with Gasteiger partial charge in [-0.15, -0.1) is 0 Å². The minimum Gasteiger partial charge on any atom is -0.383 e. The van der Waals surface area contributed by atoms with Gasteiger partial charge in [0.05, 0.1) is 24.1 Å². The van der Waals surface area contributed by atoms with Crippen LogP contribution in [0.5, 0.6) is 0 Å². The van der Waals surface area contributed by atoms with E-state index in [2.05, 4.69) is 4.98 Å². The third-order valence-electron chi connectivity index (χ3n) is 2.15. The number of methoxy groups -OCH3 is 1. The molecule has 0 saturated carbocycles. The Hall–Kier alpha value is -1.38. The van der Waals surface area contributed by atoms with Gasteiger partial charge in [-0.3, -0.25) is 0 Å². The van der Waals surface area contributed by atoms with Crippen molar-refractivity contribution in [2.75, 3.05) is 31.7 Å². The Morgan fingerprint density at radius 2 is 2.35 bits per heavy atom. The molecule has 0 spiro atoms. The Bertz CT molecular complexity index is 408. The first-order chi connectivity index (χ1) is 8.19. The normalized spacial score (nSPS) is 10.0. The number of aromatic nitrogens is 1. The summed E-state index contributed by atoms with van der Waals surface area (Å²) < 4.78 is 18.6. The van der Waals surface area contributed by atoms with Crippen LogP contribution in [0.4, 0.5) is 10.2 Å². The molecule has 1 aromatic heterocycles. The van der Waals surface area contributed by atoms with Crippen LogP contribution in [0.1, 0.15) is 6.42 Å². The molecule has 0 radical (unpaired) electrons. The summed E-state index contributed by atoms with van der Waals surface area (Å²) >= 11 is 5.63. The van der Waals surface area contributed by atoms with Gasteiger partial charge >= 0.3 is 0 Å². The van der Waals surface area contributed by atoms with Crippen molar-refractivity contribution in [3.63, 3.8) is 0 Å². The lowest BCUT2D eigenvalue weighted by Crippen LogP contribution is -2.29. The smallest absolute Gasteiger partial charge is 0.167 e. The first-order valence-corrected chi connectivity index (χ1v) is 5.48.